The van der Waals surface area contributed by atoms with Crippen molar-refractivity contribution >= 4 is 11.9 Å². The highest BCUT2D eigenvalue weighted by molar-refractivity contribution is 5.36. The van der Waals surface area contributed by atoms with Crippen LogP contribution >= 0.6 is 0 Å². The van der Waals surface area contributed by atoms with Gasteiger partial charge in [-0.1, -0.05) is 0 Å². The van der Waals surface area contributed by atoms with Gasteiger partial charge in [0.05, 0.1) is 19.8 Å². The Morgan fingerprint density at radius 1 is 1.19 bits per heavy atom. The molecule has 0 unspecified atom stereocenters. The summed E-state index contributed by atoms with van der Waals surface area (Å²) in [6, 6.07) is -0.0637. The molecule has 1 aromatic heterocycles. The Hall–Kier alpha value is -1.84. The summed E-state index contributed by atoms with van der Waals surface area (Å²) in [6.45, 7) is 2.18. The first-order valence-corrected chi connectivity index (χ1v) is 6.48. The lowest BCUT2D eigenvalue weighted by molar-refractivity contribution is -0.136. The fraction of sp³-hybridized carbons (Fsp3) is 0.727. The van der Waals surface area contributed by atoms with Gasteiger partial charge in [-0.25, -0.2) is 0 Å². The topological polar surface area (TPSA) is 86.4 Å². The van der Waals surface area contributed by atoms with Gasteiger partial charge in [0.2, 0.25) is 11.9 Å². The molecule has 118 valence electrons. The minimum atomic E-state index is -4.19. The molecule has 1 aliphatic rings. The number of nitrogen functional groups attached to an aromatic ring is 1. The number of alkyl halides is 3. The van der Waals surface area contributed by atoms with Gasteiger partial charge < -0.3 is 20.1 Å². The summed E-state index contributed by atoms with van der Waals surface area (Å²) in [4.78, 5) is 13.7. The zero-order valence-electron chi connectivity index (χ0n) is 11.3. The molecule has 2 N–H and O–H groups in total. The van der Waals surface area contributed by atoms with Crippen LogP contribution in [0.5, 0.6) is 6.01 Å². The first kappa shape index (κ1) is 15.5. The quantitative estimate of drug-likeness (QED) is 0.812. The Morgan fingerprint density at radius 2 is 1.90 bits per heavy atom. The summed E-state index contributed by atoms with van der Waals surface area (Å²) in [5.74, 6) is 0.314. The van der Waals surface area contributed by atoms with E-state index in [0.717, 1.165) is 0 Å². The molecule has 0 spiro atoms. The van der Waals surface area contributed by atoms with Crippen molar-refractivity contribution in [1.82, 2.24) is 15.0 Å². The van der Waals surface area contributed by atoms with Crippen LogP contribution in [0.2, 0.25) is 0 Å². The molecular formula is C11H16F3N5O2. The molecule has 0 aromatic carbocycles. The van der Waals surface area contributed by atoms with Gasteiger partial charge in [-0.2, -0.15) is 28.1 Å². The highest BCUT2D eigenvalue weighted by Crippen LogP contribution is 2.21. The highest BCUT2D eigenvalue weighted by Gasteiger charge is 2.26. The molecule has 10 heteroatoms. The third-order valence-corrected chi connectivity index (χ3v) is 2.75. The molecule has 1 aliphatic heterocycles. The van der Waals surface area contributed by atoms with E-state index in [-0.39, 0.29) is 25.0 Å². The van der Waals surface area contributed by atoms with Crippen LogP contribution in [0.3, 0.4) is 0 Å². The lowest BCUT2D eigenvalue weighted by Crippen LogP contribution is -2.37. The molecule has 0 atom stereocenters. The Morgan fingerprint density at radius 3 is 2.57 bits per heavy atom. The summed E-state index contributed by atoms with van der Waals surface area (Å²) >= 11 is 0. The van der Waals surface area contributed by atoms with Crippen LogP contribution in [-0.2, 0) is 4.74 Å². The van der Waals surface area contributed by atoms with Crippen LogP contribution in [-0.4, -0.2) is 54.0 Å². The zero-order valence-corrected chi connectivity index (χ0v) is 11.3. The van der Waals surface area contributed by atoms with E-state index in [2.05, 4.69) is 15.0 Å². The SMILES string of the molecule is Nc1nc(OCCCC(F)(F)F)nc(N2CCOCC2)n1. The third kappa shape index (κ3) is 5.21. The summed E-state index contributed by atoms with van der Waals surface area (Å²) in [6.07, 6.45) is -5.27. The lowest BCUT2D eigenvalue weighted by Gasteiger charge is -2.26. The van der Waals surface area contributed by atoms with Crippen LogP contribution in [0.1, 0.15) is 12.8 Å². The molecule has 0 aliphatic carbocycles. The minimum absolute atomic E-state index is 0.0303. The van der Waals surface area contributed by atoms with Gasteiger partial charge in [-0.05, 0) is 6.42 Å². The van der Waals surface area contributed by atoms with Crippen molar-refractivity contribution in [1.29, 1.82) is 0 Å². The molecule has 0 bridgehead atoms. The molecule has 7 nitrogen and oxygen atoms in total. The summed E-state index contributed by atoms with van der Waals surface area (Å²) < 4.78 is 46.4. The van der Waals surface area contributed by atoms with Crippen LogP contribution in [0.25, 0.3) is 0 Å². The fourth-order valence-corrected chi connectivity index (χ4v) is 1.77. The van der Waals surface area contributed by atoms with Crippen LogP contribution in [0.4, 0.5) is 25.1 Å². The average molecular weight is 307 g/mol. The number of nitrogens with two attached hydrogens (primary N) is 1. The largest absolute Gasteiger partial charge is 0.463 e. The Bertz CT molecular complexity index is 466. The van der Waals surface area contributed by atoms with Crippen molar-refractivity contribution in [3.8, 4) is 6.01 Å². The highest BCUT2D eigenvalue weighted by atomic mass is 19.4. The van der Waals surface area contributed by atoms with Crippen molar-refractivity contribution < 1.29 is 22.6 Å². The average Bonchev–Trinajstić information content (AvgIpc) is 2.43. The van der Waals surface area contributed by atoms with Gasteiger partial charge in [0.25, 0.3) is 0 Å². The van der Waals surface area contributed by atoms with Crippen LogP contribution < -0.4 is 15.4 Å². The Balaban J connectivity index is 1.92. The standard InChI is InChI=1S/C11H16F3N5O2/c12-11(13,14)2-1-5-21-10-17-8(15)16-9(18-10)19-3-6-20-7-4-19/h1-7H2,(H2,15,16,17,18). The van der Waals surface area contributed by atoms with E-state index in [1.54, 1.807) is 0 Å². The van der Waals surface area contributed by atoms with E-state index in [0.29, 0.717) is 32.3 Å². The molecule has 2 heterocycles. The molecule has 0 amide bonds. The molecule has 21 heavy (non-hydrogen) atoms. The van der Waals surface area contributed by atoms with Crippen molar-refractivity contribution in [2.45, 2.75) is 19.0 Å². The summed E-state index contributed by atoms with van der Waals surface area (Å²) in [5.41, 5.74) is 5.56. The number of morpholine rings is 1. The second-order valence-corrected chi connectivity index (χ2v) is 4.44. The van der Waals surface area contributed by atoms with E-state index in [1.807, 2.05) is 4.90 Å². The molecule has 2 rings (SSSR count). The van der Waals surface area contributed by atoms with Crippen molar-refractivity contribution in [2.75, 3.05) is 43.5 Å². The number of aromatic nitrogens is 3. The molecule has 0 radical (unpaired) electrons. The predicted octanol–water partition coefficient (Wildman–Crippen LogP) is 1.01. The normalized spacial score (nSPS) is 16.0. The first-order valence-electron chi connectivity index (χ1n) is 6.48. The molecule has 1 fully saturated rings. The number of hydrogen-bond donors (Lipinski definition) is 1. The fourth-order valence-electron chi connectivity index (χ4n) is 1.77. The number of rotatable bonds is 5. The maximum atomic E-state index is 12.0. The Kier molecular flexibility index (Phi) is 4.99. The number of ether oxygens (including phenoxy) is 2. The van der Waals surface area contributed by atoms with E-state index >= 15 is 0 Å². The number of anilines is 2. The van der Waals surface area contributed by atoms with E-state index in [9.17, 15) is 13.2 Å². The van der Waals surface area contributed by atoms with Crippen LogP contribution in [0.15, 0.2) is 0 Å². The summed E-state index contributed by atoms with van der Waals surface area (Å²) in [7, 11) is 0. The van der Waals surface area contributed by atoms with E-state index in [1.165, 1.54) is 0 Å². The Labute approximate surface area is 119 Å². The van der Waals surface area contributed by atoms with E-state index < -0.39 is 12.6 Å². The van der Waals surface area contributed by atoms with Crippen molar-refractivity contribution in [3.05, 3.63) is 0 Å². The van der Waals surface area contributed by atoms with E-state index in [4.69, 9.17) is 15.2 Å². The monoisotopic (exact) mass is 307 g/mol. The van der Waals surface area contributed by atoms with Gasteiger partial charge in [0, 0.05) is 19.5 Å². The van der Waals surface area contributed by atoms with Gasteiger partial charge in [0.1, 0.15) is 0 Å². The van der Waals surface area contributed by atoms with Crippen molar-refractivity contribution in [2.24, 2.45) is 0 Å². The number of halogens is 3. The zero-order chi connectivity index (χ0) is 15.3. The van der Waals surface area contributed by atoms with Crippen molar-refractivity contribution in [3.63, 3.8) is 0 Å². The maximum absolute atomic E-state index is 12.0. The second kappa shape index (κ2) is 6.74. The third-order valence-electron chi connectivity index (χ3n) is 2.75. The predicted molar refractivity (Wildman–Crippen MR) is 68.1 cm³/mol. The maximum Gasteiger partial charge on any atom is 0.389 e. The molecule has 1 saturated heterocycles. The lowest BCUT2D eigenvalue weighted by atomic mass is 10.3. The number of nitrogens with zero attached hydrogens (tertiary/aromatic N) is 4. The minimum Gasteiger partial charge on any atom is -0.463 e. The first-order chi connectivity index (χ1) is 9.94. The van der Waals surface area contributed by atoms with Gasteiger partial charge in [-0.15, -0.1) is 0 Å². The summed E-state index contributed by atoms with van der Waals surface area (Å²) in [5, 5.41) is 0. The molecule has 0 saturated carbocycles. The van der Waals surface area contributed by atoms with Gasteiger partial charge in [0.15, 0.2) is 0 Å². The molecular weight excluding hydrogens is 291 g/mol. The number of hydrogen-bond acceptors (Lipinski definition) is 7. The smallest absolute Gasteiger partial charge is 0.389 e. The molecule has 1 aromatic rings. The van der Waals surface area contributed by atoms with Gasteiger partial charge >= 0.3 is 12.2 Å². The van der Waals surface area contributed by atoms with Crippen LogP contribution in [0, 0.1) is 0 Å². The van der Waals surface area contributed by atoms with Gasteiger partial charge in [-0.3, -0.25) is 0 Å². The second-order valence-electron chi connectivity index (χ2n) is 4.44.